The van der Waals surface area contributed by atoms with Gasteiger partial charge in [0.25, 0.3) is 0 Å². The number of benzene rings is 1. The van der Waals surface area contributed by atoms with Crippen molar-refractivity contribution in [3.8, 4) is 0 Å². The summed E-state index contributed by atoms with van der Waals surface area (Å²) in [5.74, 6) is 0. The summed E-state index contributed by atoms with van der Waals surface area (Å²) < 4.78 is 0. The smallest absolute Gasteiger partial charge is 0.0572 e. The molecule has 0 spiro atoms. The molecule has 1 aliphatic rings. The zero-order valence-corrected chi connectivity index (χ0v) is 11.4. The van der Waals surface area contributed by atoms with Gasteiger partial charge in [0.1, 0.15) is 0 Å². The van der Waals surface area contributed by atoms with E-state index in [9.17, 15) is 0 Å². The van der Waals surface area contributed by atoms with E-state index in [-0.39, 0.29) is 0 Å². The van der Waals surface area contributed by atoms with Crippen LogP contribution in [0.2, 0.25) is 0 Å². The van der Waals surface area contributed by atoms with Crippen LogP contribution in [0, 0.1) is 0 Å². The fraction of sp³-hybridized carbons (Fsp3) is 0.571. The number of nitrogens with zero attached hydrogens (tertiary/aromatic N) is 2. The largest absolute Gasteiger partial charge is 0.305 e. The third-order valence-corrected chi connectivity index (χ3v) is 3.45. The molecule has 0 saturated carbocycles. The molecule has 18 heavy (non-hydrogen) atoms. The summed E-state index contributed by atoms with van der Waals surface area (Å²) in [5.41, 5.74) is 5.49. The molecule has 0 amide bonds. The highest BCUT2D eigenvalue weighted by molar-refractivity contribution is 5.22. The Morgan fingerprint density at radius 1 is 1.06 bits per heavy atom. The Balaban J connectivity index is 1.82. The first kappa shape index (κ1) is 13.5. The van der Waals surface area contributed by atoms with Crippen LogP contribution in [0.5, 0.6) is 0 Å². The first-order valence-electron chi connectivity index (χ1n) is 6.52. The van der Waals surface area contributed by atoms with Crippen LogP contribution >= 0.6 is 0 Å². The van der Waals surface area contributed by atoms with Gasteiger partial charge in [-0.3, -0.25) is 4.90 Å². The molecule has 0 aromatic heterocycles. The van der Waals surface area contributed by atoms with E-state index >= 15 is 0 Å². The molecule has 1 aliphatic heterocycles. The maximum Gasteiger partial charge on any atom is 0.0572 e. The van der Waals surface area contributed by atoms with E-state index in [1.807, 2.05) is 0 Å². The Kier molecular flexibility index (Phi) is 5.13. The molecule has 0 radical (unpaired) electrons. The van der Waals surface area contributed by atoms with E-state index in [0.29, 0.717) is 0 Å². The summed E-state index contributed by atoms with van der Waals surface area (Å²) in [5, 5.41) is 0. The number of likely N-dealkylation sites (N-methyl/N-ethyl adjacent to an activating group) is 1. The second kappa shape index (κ2) is 6.85. The number of hydroxylamine groups is 1. The Labute approximate surface area is 109 Å². The number of hydrogen-bond donors (Lipinski definition) is 1. The van der Waals surface area contributed by atoms with Crippen molar-refractivity contribution in [2.24, 2.45) is 0 Å². The van der Waals surface area contributed by atoms with Gasteiger partial charge < -0.3 is 9.74 Å². The predicted octanol–water partition coefficient (Wildman–Crippen LogP) is 1.08. The summed E-state index contributed by atoms with van der Waals surface area (Å²) in [7, 11) is 3.83. The Morgan fingerprint density at radius 3 is 2.28 bits per heavy atom. The van der Waals surface area contributed by atoms with E-state index in [4.69, 9.17) is 4.84 Å². The average molecular weight is 249 g/mol. The molecule has 4 nitrogen and oxygen atoms in total. The quantitative estimate of drug-likeness (QED) is 0.791. The predicted molar refractivity (Wildman–Crippen MR) is 73.1 cm³/mol. The van der Waals surface area contributed by atoms with Crippen LogP contribution in [0.3, 0.4) is 0 Å². The number of piperazine rings is 1. The minimum Gasteiger partial charge on any atom is -0.305 e. The van der Waals surface area contributed by atoms with Gasteiger partial charge in [0.05, 0.1) is 7.11 Å². The van der Waals surface area contributed by atoms with Gasteiger partial charge in [0.2, 0.25) is 0 Å². The van der Waals surface area contributed by atoms with Crippen molar-refractivity contribution in [1.82, 2.24) is 15.3 Å². The van der Waals surface area contributed by atoms with Gasteiger partial charge in [-0.15, -0.1) is 0 Å². The molecule has 1 saturated heterocycles. The second-order valence-corrected chi connectivity index (χ2v) is 4.92. The van der Waals surface area contributed by atoms with Gasteiger partial charge in [0.15, 0.2) is 0 Å². The molecule has 4 heteroatoms. The van der Waals surface area contributed by atoms with Crippen molar-refractivity contribution in [1.29, 1.82) is 0 Å². The lowest BCUT2D eigenvalue weighted by molar-refractivity contribution is 0.0867. The molecular formula is C14H23N3O. The fourth-order valence-electron chi connectivity index (χ4n) is 2.18. The molecule has 0 unspecified atom stereocenters. The molecule has 1 fully saturated rings. The van der Waals surface area contributed by atoms with E-state index in [1.54, 1.807) is 7.11 Å². The Morgan fingerprint density at radius 2 is 1.67 bits per heavy atom. The molecule has 0 bridgehead atoms. The second-order valence-electron chi connectivity index (χ2n) is 4.92. The molecule has 1 heterocycles. The first-order chi connectivity index (χ1) is 8.78. The molecule has 100 valence electrons. The molecule has 0 atom stereocenters. The van der Waals surface area contributed by atoms with E-state index in [0.717, 1.165) is 13.1 Å². The molecule has 0 aliphatic carbocycles. The highest BCUT2D eigenvalue weighted by atomic mass is 16.6. The minimum absolute atomic E-state index is 0.755. The lowest BCUT2D eigenvalue weighted by atomic mass is 10.1. The zero-order valence-electron chi connectivity index (χ0n) is 11.4. The van der Waals surface area contributed by atoms with E-state index in [1.165, 1.54) is 37.3 Å². The van der Waals surface area contributed by atoms with Gasteiger partial charge in [-0.2, -0.15) is 5.48 Å². The van der Waals surface area contributed by atoms with Crippen LogP contribution in [0.25, 0.3) is 0 Å². The maximum atomic E-state index is 4.84. The van der Waals surface area contributed by atoms with Gasteiger partial charge in [-0.1, -0.05) is 24.3 Å². The van der Waals surface area contributed by atoms with Crippen LogP contribution in [0.4, 0.5) is 0 Å². The van der Waals surface area contributed by atoms with Crippen molar-refractivity contribution in [3.63, 3.8) is 0 Å². The van der Waals surface area contributed by atoms with E-state index < -0.39 is 0 Å². The fourth-order valence-corrected chi connectivity index (χ4v) is 2.18. The lowest BCUT2D eigenvalue weighted by Crippen LogP contribution is -2.43. The van der Waals surface area contributed by atoms with Gasteiger partial charge in [-0.05, 0) is 18.2 Å². The van der Waals surface area contributed by atoms with Crippen molar-refractivity contribution in [2.45, 2.75) is 13.1 Å². The standard InChI is InChI=1S/C14H23N3O/c1-16-7-9-17(10-8-16)12-14-5-3-13(4-6-14)11-15-18-2/h3-6,15H,7-12H2,1-2H3. The van der Waals surface area contributed by atoms with Crippen molar-refractivity contribution in [3.05, 3.63) is 35.4 Å². The van der Waals surface area contributed by atoms with Crippen LogP contribution in [0.1, 0.15) is 11.1 Å². The topological polar surface area (TPSA) is 27.7 Å². The Hall–Kier alpha value is -0.940. The Bertz CT molecular complexity index is 345. The average Bonchev–Trinajstić information content (AvgIpc) is 2.41. The molecule has 1 N–H and O–H groups in total. The summed E-state index contributed by atoms with van der Waals surface area (Å²) in [6, 6.07) is 8.75. The van der Waals surface area contributed by atoms with Gasteiger partial charge >= 0.3 is 0 Å². The zero-order chi connectivity index (χ0) is 12.8. The summed E-state index contributed by atoms with van der Waals surface area (Å²) in [6.07, 6.45) is 0. The van der Waals surface area contributed by atoms with Gasteiger partial charge in [-0.25, -0.2) is 0 Å². The first-order valence-corrected chi connectivity index (χ1v) is 6.52. The van der Waals surface area contributed by atoms with Gasteiger partial charge in [0, 0.05) is 39.3 Å². The number of hydrogen-bond acceptors (Lipinski definition) is 4. The summed E-state index contributed by atoms with van der Waals surface area (Å²) in [4.78, 5) is 9.75. The van der Waals surface area contributed by atoms with Crippen molar-refractivity contribution in [2.75, 3.05) is 40.3 Å². The summed E-state index contributed by atoms with van der Waals surface area (Å²) in [6.45, 7) is 6.51. The normalized spacial score (nSPS) is 18.1. The monoisotopic (exact) mass is 249 g/mol. The molecular weight excluding hydrogens is 226 g/mol. The summed E-state index contributed by atoms with van der Waals surface area (Å²) >= 11 is 0. The number of nitrogens with one attached hydrogen (secondary N) is 1. The van der Waals surface area contributed by atoms with Crippen LogP contribution in [-0.2, 0) is 17.9 Å². The lowest BCUT2D eigenvalue weighted by Gasteiger charge is -2.32. The SMILES string of the molecule is CONCc1ccc(CN2CCN(C)CC2)cc1. The van der Waals surface area contributed by atoms with Crippen LogP contribution in [-0.4, -0.2) is 50.1 Å². The maximum absolute atomic E-state index is 4.84. The number of rotatable bonds is 5. The highest BCUT2D eigenvalue weighted by Gasteiger charge is 2.13. The van der Waals surface area contributed by atoms with E-state index in [2.05, 4.69) is 46.6 Å². The van der Waals surface area contributed by atoms with Crippen LogP contribution < -0.4 is 5.48 Å². The third-order valence-electron chi connectivity index (χ3n) is 3.45. The molecule has 2 rings (SSSR count). The third kappa shape index (κ3) is 4.07. The van der Waals surface area contributed by atoms with Crippen LogP contribution in [0.15, 0.2) is 24.3 Å². The molecule has 1 aromatic rings. The minimum atomic E-state index is 0.755. The highest BCUT2D eigenvalue weighted by Crippen LogP contribution is 2.09. The van der Waals surface area contributed by atoms with Crippen molar-refractivity contribution >= 4 is 0 Å². The van der Waals surface area contributed by atoms with Crippen molar-refractivity contribution < 1.29 is 4.84 Å². The molecule has 1 aromatic carbocycles.